The second-order valence-corrected chi connectivity index (χ2v) is 3.68. The summed E-state index contributed by atoms with van der Waals surface area (Å²) < 4.78 is 9.36. The normalized spacial score (nSPS) is 11.2. The zero-order valence-corrected chi connectivity index (χ0v) is 9.15. The quantitative estimate of drug-likeness (QED) is 0.293. The average Bonchev–Trinajstić information content (AvgIpc) is 2.38. The molecule has 9 nitrogen and oxygen atoms in total. The summed E-state index contributed by atoms with van der Waals surface area (Å²) in [6.45, 7) is 0. The van der Waals surface area contributed by atoms with Crippen molar-refractivity contribution in [2.45, 2.75) is 0 Å². The van der Waals surface area contributed by atoms with Gasteiger partial charge in [-0.05, 0) is 21.5 Å². The fourth-order valence-electron chi connectivity index (χ4n) is 1.74. The Hall–Kier alpha value is -3.10. The maximum absolute atomic E-state index is 12.1. The van der Waals surface area contributed by atoms with Crippen LogP contribution in [0.25, 0.3) is 10.8 Å². The van der Waals surface area contributed by atoms with Crippen molar-refractivity contribution < 1.29 is 9.05 Å². The zero-order chi connectivity index (χ0) is 13.7. The summed E-state index contributed by atoms with van der Waals surface area (Å²) in [7, 11) is 0. The van der Waals surface area contributed by atoms with Gasteiger partial charge < -0.3 is 14.8 Å². The molecule has 19 heavy (non-hydrogen) atoms. The van der Waals surface area contributed by atoms with E-state index in [0.717, 1.165) is 0 Å². The lowest BCUT2D eigenvalue weighted by atomic mass is 10.1. The minimum Gasteiger partial charge on any atom is -0.398 e. The standard InChI is InChI=1S/C10H5N3O6/c11-5-3-1-2-4-6(5)8(15)13-12(7(4)14)18-9(16)10(17)19-13/h1-3H,11H2. The van der Waals surface area contributed by atoms with Crippen molar-refractivity contribution >= 4 is 16.5 Å². The summed E-state index contributed by atoms with van der Waals surface area (Å²) in [4.78, 5) is 46.1. The molecular formula is C10H5N3O6. The molecule has 2 N–H and O–H groups in total. The molecule has 0 saturated carbocycles. The monoisotopic (exact) mass is 263 g/mol. The number of aromatic nitrogens is 2. The SMILES string of the molecule is Nc1cccc2c(=O)n3oc(=O)c(=O)on3c(=O)c12. The van der Waals surface area contributed by atoms with Gasteiger partial charge in [0.25, 0.3) is 0 Å². The third-order valence-electron chi connectivity index (χ3n) is 2.56. The van der Waals surface area contributed by atoms with Gasteiger partial charge in [-0.3, -0.25) is 9.59 Å². The smallest absolute Gasteiger partial charge is 0.398 e. The van der Waals surface area contributed by atoms with Crippen molar-refractivity contribution in [2.75, 3.05) is 5.73 Å². The molecule has 0 amide bonds. The number of hydrogen-bond acceptors (Lipinski definition) is 7. The van der Waals surface area contributed by atoms with E-state index in [1.807, 2.05) is 0 Å². The second kappa shape index (κ2) is 3.45. The number of hydrogen-bond donors (Lipinski definition) is 1. The first-order chi connectivity index (χ1) is 9.00. The highest BCUT2D eigenvalue weighted by atomic mass is 16.6. The molecule has 9 heteroatoms. The molecule has 3 rings (SSSR count). The van der Waals surface area contributed by atoms with Crippen LogP contribution in [0.2, 0.25) is 0 Å². The number of anilines is 1. The Bertz CT molecular complexity index is 1050. The molecule has 0 saturated heterocycles. The van der Waals surface area contributed by atoms with Crippen LogP contribution in [0.1, 0.15) is 0 Å². The Balaban J connectivity index is 2.83. The minimum absolute atomic E-state index is 0.0449. The van der Waals surface area contributed by atoms with Crippen molar-refractivity contribution in [1.82, 2.24) is 9.38 Å². The molecule has 1 aromatic carbocycles. The van der Waals surface area contributed by atoms with Gasteiger partial charge in [-0.2, -0.15) is 0 Å². The van der Waals surface area contributed by atoms with E-state index < -0.39 is 22.4 Å². The van der Waals surface area contributed by atoms with Crippen molar-refractivity contribution in [2.24, 2.45) is 0 Å². The van der Waals surface area contributed by atoms with Gasteiger partial charge >= 0.3 is 22.4 Å². The predicted molar refractivity (Wildman–Crippen MR) is 62.4 cm³/mol. The third-order valence-corrected chi connectivity index (χ3v) is 2.56. The number of nitrogens with zero attached hydrogens (tertiary/aromatic N) is 2. The van der Waals surface area contributed by atoms with Gasteiger partial charge in [-0.15, -0.1) is 0 Å². The van der Waals surface area contributed by atoms with Gasteiger partial charge in [0, 0.05) is 5.69 Å². The summed E-state index contributed by atoms with van der Waals surface area (Å²) in [5.74, 6) is 0. The molecule has 2 aromatic heterocycles. The fraction of sp³-hybridized carbons (Fsp3) is 0. The van der Waals surface area contributed by atoms with Crippen LogP contribution in [0, 0.1) is 0 Å². The molecule has 0 aliphatic heterocycles. The first kappa shape index (κ1) is 11.0. The first-order valence-electron chi connectivity index (χ1n) is 5.02. The summed E-state index contributed by atoms with van der Waals surface area (Å²) in [6, 6.07) is 4.22. The summed E-state index contributed by atoms with van der Waals surface area (Å²) >= 11 is 0. The summed E-state index contributed by atoms with van der Waals surface area (Å²) in [6.07, 6.45) is 0. The number of benzene rings is 1. The van der Waals surface area contributed by atoms with Crippen molar-refractivity contribution in [3.8, 4) is 0 Å². The molecule has 0 bridgehead atoms. The highest BCUT2D eigenvalue weighted by Crippen LogP contribution is 2.12. The van der Waals surface area contributed by atoms with Crippen molar-refractivity contribution in [1.29, 1.82) is 0 Å². The van der Waals surface area contributed by atoms with Crippen molar-refractivity contribution in [3.63, 3.8) is 0 Å². The zero-order valence-electron chi connectivity index (χ0n) is 9.15. The average molecular weight is 263 g/mol. The molecule has 0 spiro atoms. The lowest BCUT2D eigenvalue weighted by Gasteiger charge is -2.02. The Labute approximate surface area is 101 Å². The van der Waals surface area contributed by atoms with Gasteiger partial charge in [-0.25, -0.2) is 9.59 Å². The molecule has 0 radical (unpaired) electrons. The van der Waals surface area contributed by atoms with Crippen LogP contribution in [-0.2, 0) is 0 Å². The number of fused-ring (bicyclic) bond motifs is 2. The Morgan fingerprint density at radius 3 is 2.11 bits per heavy atom. The highest BCUT2D eigenvalue weighted by molar-refractivity contribution is 5.91. The molecule has 0 aliphatic carbocycles. The fourth-order valence-corrected chi connectivity index (χ4v) is 1.74. The van der Waals surface area contributed by atoms with Crippen LogP contribution >= 0.6 is 0 Å². The van der Waals surface area contributed by atoms with E-state index in [9.17, 15) is 19.2 Å². The van der Waals surface area contributed by atoms with Gasteiger partial charge in [-0.1, -0.05) is 6.07 Å². The van der Waals surface area contributed by atoms with E-state index in [1.165, 1.54) is 18.2 Å². The van der Waals surface area contributed by atoms with E-state index in [2.05, 4.69) is 9.05 Å². The molecular weight excluding hydrogens is 258 g/mol. The van der Waals surface area contributed by atoms with Gasteiger partial charge in [0.05, 0.1) is 10.8 Å². The molecule has 96 valence electrons. The van der Waals surface area contributed by atoms with Crippen LogP contribution in [0.4, 0.5) is 5.69 Å². The van der Waals surface area contributed by atoms with Crippen LogP contribution in [0.3, 0.4) is 0 Å². The number of nitrogens with two attached hydrogens (primary N) is 1. The molecule has 0 fully saturated rings. The highest BCUT2D eigenvalue weighted by Gasteiger charge is 2.15. The first-order valence-corrected chi connectivity index (χ1v) is 5.02. The van der Waals surface area contributed by atoms with E-state index in [-0.39, 0.29) is 25.8 Å². The second-order valence-electron chi connectivity index (χ2n) is 3.68. The number of nitrogen functional groups attached to an aromatic ring is 1. The van der Waals surface area contributed by atoms with Crippen LogP contribution < -0.4 is 28.1 Å². The largest absolute Gasteiger partial charge is 0.445 e. The lowest BCUT2D eigenvalue weighted by molar-refractivity contribution is 0.107. The molecule has 0 atom stereocenters. The van der Waals surface area contributed by atoms with Gasteiger partial charge in [0.2, 0.25) is 0 Å². The molecule has 0 aliphatic rings. The number of rotatable bonds is 0. The van der Waals surface area contributed by atoms with E-state index in [0.29, 0.717) is 0 Å². The molecule has 2 heterocycles. The maximum atomic E-state index is 12.1. The van der Waals surface area contributed by atoms with Crippen LogP contribution in [-0.4, -0.2) is 9.38 Å². The van der Waals surface area contributed by atoms with Gasteiger partial charge in [0.1, 0.15) is 0 Å². The Kier molecular flexibility index (Phi) is 2.00. The molecule has 0 unspecified atom stereocenters. The maximum Gasteiger partial charge on any atom is 0.445 e. The van der Waals surface area contributed by atoms with Gasteiger partial charge in [0.15, 0.2) is 0 Å². The minimum atomic E-state index is -1.41. The van der Waals surface area contributed by atoms with Crippen LogP contribution in [0.5, 0.6) is 0 Å². The Morgan fingerprint density at radius 1 is 0.895 bits per heavy atom. The van der Waals surface area contributed by atoms with Crippen LogP contribution in [0.15, 0.2) is 46.4 Å². The summed E-state index contributed by atoms with van der Waals surface area (Å²) in [5.41, 5.74) is 1.13. The third kappa shape index (κ3) is 1.35. The van der Waals surface area contributed by atoms with Crippen molar-refractivity contribution in [3.05, 3.63) is 59.7 Å². The molecule has 3 aromatic rings. The van der Waals surface area contributed by atoms with E-state index in [1.54, 1.807) is 0 Å². The predicted octanol–water partition coefficient (Wildman–Crippen LogP) is -1.60. The topological polar surface area (TPSA) is 129 Å². The van der Waals surface area contributed by atoms with E-state index in [4.69, 9.17) is 5.73 Å². The Morgan fingerprint density at radius 2 is 1.47 bits per heavy atom. The van der Waals surface area contributed by atoms with E-state index >= 15 is 0 Å². The summed E-state index contributed by atoms with van der Waals surface area (Å²) in [5, 5.41) is -0.165. The lowest BCUT2D eigenvalue weighted by Crippen LogP contribution is -2.37.